The van der Waals surface area contributed by atoms with Crippen LogP contribution in [0.3, 0.4) is 0 Å². The van der Waals surface area contributed by atoms with Gasteiger partial charge in [0.05, 0.1) is 18.0 Å². The van der Waals surface area contributed by atoms with Gasteiger partial charge in [-0.3, -0.25) is 0 Å². The van der Waals surface area contributed by atoms with Gasteiger partial charge in [0.25, 0.3) is 0 Å². The molecule has 6 heteroatoms. The fraction of sp³-hybridized carbons (Fsp3) is 0.120. The SMILES string of the molecule is COc1ccc2nc(OCc3ccccc3)nc(Oc3ccc4[nH]c(C)cc4c3)c2c1. The van der Waals surface area contributed by atoms with Crippen molar-refractivity contribution in [3.8, 4) is 23.4 Å². The lowest BCUT2D eigenvalue weighted by Gasteiger charge is -2.12. The van der Waals surface area contributed by atoms with Gasteiger partial charge in [-0.1, -0.05) is 30.3 Å². The molecule has 0 amide bonds. The average molecular weight is 411 g/mol. The van der Waals surface area contributed by atoms with Crippen molar-refractivity contribution in [2.75, 3.05) is 7.11 Å². The van der Waals surface area contributed by atoms with Crippen molar-refractivity contribution in [2.45, 2.75) is 13.5 Å². The minimum absolute atomic E-state index is 0.259. The summed E-state index contributed by atoms with van der Waals surface area (Å²) < 4.78 is 17.4. The quantitative estimate of drug-likeness (QED) is 0.382. The summed E-state index contributed by atoms with van der Waals surface area (Å²) in [5.41, 5.74) is 3.91. The van der Waals surface area contributed by atoms with E-state index in [0.717, 1.165) is 27.5 Å². The van der Waals surface area contributed by atoms with Crippen molar-refractivity contribution in [3.05, 3.63) is 84.1 Å². The van der Waals surface area contributed by atoms with E-state index in [-0.39, 0.29) is 6.01 Å². The number of fused-ring (bicyclic) bond motifs is 2. The van der Waals surface area contributed by atoms with E-state index >= 15 is 0 Å². The molecule has 1 N–H and O–H groups in total. The Labute approximate surface area is 179 Å². The van der Waals surface area contributed by atoms with Gasteiger partial charge in [-0.25, -0.2) is 0 Å². The number of aromatic nitrogens is 3. The molecule has 0 saturated heterocycles. The lowest BCUT2D eigenvalue weighted by Crippen LogP contribution is -2.01. The number of nitrogens with one attached hydrogen (secondary N) is 1. The molecular formula is C25H21N3O3. The second-order valence-electron chi connectivity index (χ2n) is 7.27. The van der Waals surface area contributed by atoms with Gasteiger partial charge in [0.1, 0.15) is 18.1 Å². The van der Waals surface area contributed by atoms with Crippen molar-refractivity contribution in [2.24, 2.45) is 0 Å². The average Bonchev–Trinajstić information content (AvgIpc) is 3.17. The largest absolute Gasteiger partial charge is 0.497 e. The first-order valence-corrected chi connectivity index (χ1v) is 9.98. The summed E-state index contributed by atoms with van der Waals surface area (Å²) in [5, 5.41) is 1.82. The second-order valence-corrected chi connectivity index (χ2v) is 7.27. The van der Waals surface area contributed by atoms with Crippen LogP contribution in [-0.2, 0) is 6.61 Å². The molecule has 0 unspecified atom stereocenters. The minimum atomic E-state index is 0.259. The smallest absolute Gasteiger partial charge is 0.320 e. The molecule has 0 atom stereocenters. The van der Waals surface area contributed by atoms with E-state index in [2.05, 4.69) is 21.0 Å². The number of aryl methyl sites for hydroxylation is 1. The number of aromatic amines is 1. The Balaban J connectivity index is 1.52. The molecule has 154 valence electrons. The summed E-state index contributed by atoms with van der Waals surface area (Å²) in [4.78, 5) is 12.4. The minimum Gasteiger partial charge on any atom is -0.497 e. The zero-order valence-electron chi connectivity index (χ0n) is 17.3. The van der Waals surface area contributed by atoms with Gasteiger partial charge in [-0.05, 0) is 55.0 Å². The van der Waals surface area contributed by atoms with Gasteiger partial charge < -0.3 is 19.2 Å². The lowest BCUT2D eigenvalue weighted by atomic mass is 10.2. The van der Waals surface area contributed by atoms with Gasteiger partial charge in [-0.2, -0.15) is 9.97 Å². The number of rotatable bonds is 6. The Hall–Kier alpha value is -4.06. The number of nitrogens with zero attached hydrogens (tertiary/aromatic N) is 2. The summed E-state index contributed by atoms with van der Waals surface area (Å²) in [6.45, 7) is 2.40. The highest BCUT2D eigenvalue weighted by molar-refractivity contribution is 5.86. The van der Waals surface area contributed by atoms with E-state index in [1.807, 2.05) is 73.7 Å². The zero-order valence-corrected chi connectivity index (χ0v) is 17.3. The molecule has 0 radical (unpaired) electrons. The van der Waals surface area contributed by atoms with Gasteiger partial charge in [0.2, 0.25) is 5.88 Å². The molecule has 0 bridgehead atoms. The Morgan fingerprint density at radius 3 is 2.55 bits per heavy atom. The van der Waals surface area contributed by atoms with Crippen molar-refractivity contribution in [1.82, 2.24) is 15.0 Å². The topological polar surface area (TPSA) is 69.3 Å². The van der Waals surface area contributed by atoms with Crippen LogP contribution < -0.4 is 14.2 Å². The molecule has 3 aromatic carbocycles. The van der Waals surface area contributed by atoms with Crippen LogP contribution in [0, 0.1) is 6.92 Å². The number of methoxy groups -OCH3 is 1. The van der Waals surface area contributed by atoms with E-state index in [9.17, 15) is 0 Å². The molecule has 0 saturated carbocycles. The maximum Gasteiger partial charge on any atom is 0.320 e. The Morgan fingerprint density at radius 1 is 0.871 bits per heavy atom. The number of benzene rings is 3. The molecule has 2 aromatic heterocycles. The molecule has 2 heterocycles. The summed E-state index contributed by atoms with van der Waals surface area (Å²) in [6, 6.07) is 23.7. The van der Waals surface area contributed by atoms with Crippen LogP contribution in [0.15, 0.2) is 72.8 Å². The predicted molar refractivity (Wildman–Crippen MR) is 120 cm³/mol. The van der Waals surface area contributed by atoms with Crippen LogP contribution in [-0.4, -0.2) is 22.1 Å². The molecule has 5 rings (SSSR count). The van der Waals surface area contributed by atoms with Gasteiger partial charge >= 0.3 is 6.01 Å². The van der Waals surface area contributed by atoms with Crippen LogP contribution >= 0.6 is 0 Å². The van der Waals surface area contributed by atoms with E-state index in [4.69, 9.17) is 14.2 Å². The van der Waals surface area contributed by atoms with Crippen LogP contribution in [0.25, 0.3) is 21.8 Å². The monoisotopic (exact) mass is 411 g/mol. The summed E-state index contributed by atoms with van der Waals surface area (Å²) in [6.07, 6.45) is 0. The molecule has 6 nitrogen and oxygen atoms in total. The van der Waals surface area contributed by atoms with Crippen molar-refractivity contribution in [3.63, 3.8) is 0 Å². The van der Waals surface area contributed by atoms with Gasteiger partial charge in [-0.15, -0.1) is 0 Å². The second kappa shape index (κ2) is 7.99. The zero-order chi connectivity index (χ0) is 21.2. The standard InChI is InChI=1S/C25H21N3O3/c1-16-12-18-13-20(9-10-22(18)26-16)31-24-21-14-19(29-2)8-11-23(21)27-25(28-24)30-15-17-6-4-3-5-7-17/h3-14,26H,15H2,1-2H3. The molecule has 0 fully saturated rings. The first-order valence-electron chi connectivity index (χ1n) is 9.98. The fourth-order valence-corrected chi connectivity index (χ4v) is 3.48. The Morgan fingerprint density at radius 2 is 1.71 bits per heavy atom. The van der Waals surface area contributed by atoms with Crippen molar-refractivity contribution < 1.29 is 14.2 Å². The van der Waals surface area contributed by atoms with Crippen LogP contribution in [0.2, 0.25) is 0 Å². The number of H-pyrrole nitrogens is 1. The van der Waals surface area contributed by atoms with E-state index < -0.39 is 0 Å². The highest BCUT2D eigenvalue weighted by Gasteiger charge is 2.13. The molecule has 0 aliphatic carbocycles. The maximum absolute atomic E-state index is 6.20. The summed E-state index contributed by atoms with van der Waals surface area (Å²) >= 11 is 0. The molecule has 0 aliphatic rings. The highest BCUT2D eigenvalue weighted by atomic mass is 16.5. The maximum atomic E-state index is 6.20. The van der Waals surface area contributed by atoms with Crippen LogP contribution in [0.1, 0.15) is 11.3 Å². The van der Waals surface area contributed by atoms with E-state index in [1.54, 1.807) is 7.11 Å². The Bertz CT molecular complexity index is 1360. The molecule has 0 spiro atoms. The van der Waals surface area contributed by atoms with Gasteiger partial charge in [0, 0.05) is 16.6 Å². The fourth-order valence-electron chi connectivity index (χ4n) is 3.48. The predicted octanol–water partition coefficient (Wildman–Crippen LogP) is 5.80. The molecular weight excluding hydrogens is 390 g/mol. The number of hydrogen-bond acceptors (Lipinski definition) is 5. The molecule has 5 aromatic rings. The van der Waals surface area contributed by atoms with Gasteiger partial charge in [0.15, 0.2) is 0 Å². The third kappa shape index (κ3) is 4.00. The normalized spacial score (nSPS) is 11.0. The summed E-state index contributed by atoms with van der Waals surface area (Å²) in [7, 11) is 1.63. The van der Waals surface area contributed by atoms with Crippen LogP contribution in [0.5, 0.6) is 23.4 Å². The lowest BCUT2D eigenvalue weighted by molar-refractivity contribution is 0.278. The first kappa shape index (κ1) is 18.9. The molecule has 31 heavy (non-hydrogen) atoms. The van der Waals surface area contributed by atoms with E-state index in [1.165, 1.54) is 0 Å². The highest BCUT2D eigenvalue weighted by Crippen LogP contribution is 2.33. The summed E-state index contributed by atoms with van der Waals surface area (Å²) in [5.74, 6) is 1.80. The van der Waals surface area contributed by atoms with E-state index in [0.29, 0.717) is 29.5 Å². The number of hydrogen-bond donors (Lipinski definition) is 1. The third-order valence-electron chi connectivity index (χ3n) is 5.00. The Kier molecular flexibility index (Phi) is 4.88. The van der Waals surface area contributed by atoms with Crippen LogP contribution in [0.4, 0.5) is 0 Å². The number of ether oxygens (including phenoxy) is 3. The van der Waals surface area contributed by atoms with Crippen molar-refractivity contribution >= 4 is 21.8 Å². The first-order chi connectivity index (χ1) is 15.2. The molecule has 0 aliphatic heterocycles. The van der Waals surface area contributed by atoms with Crippen molar-refractivity contribution in [1.29, 1.82) is 0 Å². The third-order valence-corrected chi connectivity index (χ3v) is 5.00.